The van der Waals surface area contributed by atoms with Gasteiger partial charge in [-0.3, -0.25) is 4.68 Å². The van der Waals surface area contributed by atoms with Crippen LogP contribution in [0.3, 0.4) is 0 Å². The lowest BCUT2D eigenvalue weighted by Gasteiger charge is -2.17. The highest BCUT2D eigenvalue weighted by Crippen LogP contribution is 2.33. The van der Waals surface area contributed by atoms with Gasteiger partial charge in [0, 0.05) is 56.2 Å². The average Bonchev–Trinajstić information content (AvgIpc) is 3.27. The van der Waals surface area contributed by atoms with Crippen LogP contribution in [0, 0.1) is 5.92 Å². The van der Waals surface area contributed by atoms with Gasteiger partial charge in [-0.2, -0.15) is 10.2 Å². The van der Waals surface area contributed by atoms with Crippen molar-refractivity contribution >= 4 is 5.52 Å². The summed E-state index contributed by atoms with van der Waals surface area (Å²) < 4.78 is 9.66. The normalized spacial score (nSPS) is 21.3. The predicted molar refractivity (Wildman–Crippen MR) is 86.9 cm³/mol. The molecule has 6 nitrogen and oxygen atoms in total. The van der Waals surface area contributed by atoms with Crippen LogP contribution in [0.5, 0.6) is 0 Å². The Hall–Kier alpha value is -2.18. The van der Waals surface area contributed by atoms with Gasteiger partial charge in [0.25, 0.3) is 0 Å². The molecule has 0 unspecified atom stereocenters. The van der Waals surface area contributed by atoms with E-state index in [1.54, 1.807) is 0 Å². The third-order valence-electron chi connectivity index (χ3n) is 4.50. The fourth-order valence-electron chi connectivity index (χ4n) is 3.31. The maximum Gasteiger partial charge on any atom is 0.0896 e. The molecule has 1 fully saturated rings. The van der Waals surface area contributed by atoms with Crippen LogP contribution in [0.1, 0.15) is 23.7 Å². The van der Waals surface area contributed by atoms with Crippen LogP contribution in [0.25, 0.3) is 5.52 Å². The first-order chi connectivity index (χ1) is 11.3. The molecule has 0 aromatic carbocycles. The van der Waals surface area contributed by atoms with E-state index in [9.17, 15) is 0 Å². The Morgan fingerprint density at radius 3 is 3.13 bits per heavy atom. The summed E-state index contributed by atoms with van der Waals surface area (Å²) in [7, 11) is 1.94. The molecular weight excluding hydrogens is 290 g/mol. The average molecular weight is 311 g/mol. The molecule has 0 spiro atoms. The summed E-state index contributed by atoms with van der Waals surface area (Å²) in [6.45, 7) is 2.58. The molecule has 3 aromatic heterocycles. The van der Waals surface area contributed by atoms with Crippen LogP contribution in [-0.4, -0.2) is 32.5 Å². The summed E-state index contributed by atoms with van der Waals surface area (Å²) in [6, 6.07) is 6.14. The maximum absolute atomic E-state index is 5.91. The van der Waals surface area contributed by atoms with Gasteiger partial charge >= 0.3 is 0 Å². The molecule has 1 aliphatic rings. The van der Waals surface area contributed by atoms with E-state index < -0.39 is 0 Å². The van der Waals surface area contributed by atoms with Gasteiger partial charge in [0.15, 0.2) is 0 Å². The Labute approximate surface area is 135 Å². The molecule has 0 bridgehead atoms. The number of hydrogen-bond acceptors (Lipinski definition) is 4. The highest BCUT2D eigenvalue weighted by molar-refractivity contribution is 5.53. The van der Waals surface area contributed by atoms with Gasteiger partial charge in [0.2, 0.25) is 0 Å². The standard InChI is InChI=1S/C17H21N5O/c1-21-12-15(11-19-21)17-13(5-7-23-17)8-18-9-14-10-20-22-6-3-2-4-16(14)22/h2-4,6,10-13,17-18H,5,7-9H2,1H3/t13-,17-/m1/s1. The fraction of sp³-hybridized carbons (Fsp3) is 0.412. The van der Waals surface area contributed by atoms with Crippen LogP contribution in [0.2, 0.25) is 0 Å². The molecule has 1 aliphatic heterocycles. The zero-order chi connectivity index (χ0) is 15.6. The Balaban J connectivity index is 1.39. The number of ether oxygens (including phenoxy) is 1. The number of hydrogen-bond donors (Lipinski definition) is 1. The first-order valence-electron chi connectivity index (χ1n) is 8.03. The van der Waals surface area contributed by atoms with Crippen LogP contribution >= 0.6 is 0 Å². The third kappa shape index (κ3) is 2.87. The second kappa shape index (κ2) is 6.14. The summed E-state index contributed by atoms with van der Waals surface area (Å²) in [6.07, 6.45) is 9.11. The summed E-state index contributed by atoms with van der Waals surface area (Å²) >= 11 is 0. The smallest absolute Gasteiger partial charge is 0.0896 e. The largest absolute Gasteiger partial charge is 0.373 e. The van der Waals surface area contributed by atoms with Crippen molar-refractivity contribution in [1.29, 1.82) is 0 Å². The Morgan fingerprint density at radius 2 is 2.26 bits per heavy atom. The van der Waals surface area contributed by atoms with Crippen LogP contribution in [0.15, 0.2) is 43.0 Å². The van der Waals surface area contributed by atoms with E-state index in [1.165, 1.54) is 11.1 Å². The first-order valence-corrected chi connectivity index (χ1v) is 8.03. The van der Waals surface area contributed by atoms with Crippen molar-refractivity contribution in [1.82, 2.24) is 24.7 Å². The summed E-state index contributed by atoms with van der Waals surface area (Å²) in [5.41, 5.74) is 3.56. The van der Waals surface area contributed by atoms with Crippen LogP contribution in [-0.2, 0) is 18.3 Å². The van der Waals surface area contributed by atoms with Crippen molar-refractivity contribution in [3.8, 4) is 0 Å². The molecule has 2 atom stereocenters. The van der Waals surface area contributed by atoms with E-state index in [0.29, 0.717) is 5.92 Å². The number of nitrogens with zero attached hydrogens (tertiary/aromatic N) is 4. The van der Waals surface area contributed by atoms with Crippen molar-refractivity contribution < 1.29 is 4.74 Å². The Morgan fingerprint density at radius 1 is 1.30 bits per heavy atom. The zero-order valence-electron chi connectivity index (χ0n) is 13.2. The molecule has 0 saturated carbocycles. The fourth-order valence-corrected chi connectivity index (χ4v) is 3.31. The van der Waals surface area contributed by atoms with E-state index in [2.05, 4.69) is 21.6 Å². The second-order valence-electron chi connectivity index (χ2n) is 6.12. The minimum atomic E-state index is 0.153. The predicted octanol–water partition coefficient (Wildman–Crippen LogP) is 1.94. The second-order valence-corrected chi connectivity index (χ2v) is 6.12. The molecule has 1 saturated heterocycles. The number of nitrogens with one attached hydrogen (secondary N) is 1. The third-order valence-corrected chi connectivity index (χ3v) is 4.50. The lowest BCUT2D eigenvalue weighted by molar-refractivity contribution is 0.0904. The number of rotatable bonds is 5. The van der Waals surface area contributed by atoms with E-state index in [4.69, 9.17) is 4.74 Å². The summed E-state index contributed by atoms with van der Waals surface area (Å²) in [5.74, 6) is 0.487. The van der Waals surface area contributed by atoms with Gasteiger partial charge < -0.3 is 10.1 Å². The van der Waals surface area contributed by atoms with Crippen molar-refractivity contribution in [2.24, 2.45) is 13.0 Å². The summed E-state index contributed by atoms with van der Waals surface area (Å²) in [4.78, 5) is 0. The SMILES string of the molecule is Cn1cc([C@@H]2OCC[C@@H]2CNCc2cnn3ccccc23)cn1. The number of aryl methyl sites for hydroxylation is 1. The summed E-state index contributed by atoms with van der Waals surface area (Å²) in [5, 5.41) is 12.2. The lowest BCUT2D eigenvalue weighted by Crippen LogP contribution is -2.24. The highest BCUT2D eigenvalue weighted by atomic mass is 16.5. The van der Waals surface area contributed by atoms with Crippen molar-refractivity contribution in [2.45, 2.75) is 19.1 Å². The molecule has 1 N–H and O–H groups in total. The van der Waals surface area contributed by atoms with Crippen molar-refractivity contribution in [3.63, 3.8) is 0 Å². The van der Waals surface area contributed by atoms with Crippen LogP contribution in [0.4, 0.5) is 0 Å². The quantitative estimate of drug-likeness (QED) is 0.782. The van der Waals surface area contributed by atoms with Crippen LogP contribution < -0.4 is 5.32 Å². The molecule has 4 rings (SSSR count). The molecule has 4 heterocycles. The van der Waals surface area contributed by atoms with Crippen molar-refractivity contribution in [3.05, 3.63) is 54.1 Å². The molecule has 23 heavy (non-hydrogen) atoms. The van der Waals surface area contributed by atoms with Gasteiger partial charge in [-0.25, -0.2) is 4.52 Å². The molecule has 0 amide bonds. The molecule has 0 aliphatic carbocycles. The van der Waals surface area contributed by atoms with Gasteiger partial charge in [-0.15, -0.1) is 0 Å². The minimum Gasteiger partial charge on any atom is -0.373 e. The van der Waals surface area contributed by atoms with E-state index in [1.807, 2.05) is 53.2 Å². The Kier molecular flexibility index (Phi) is 3.85. The van der Waals surface area contributed by atoms with Gasteiger partial charge in [-0.05, 0) is 18.6 Å². The van der Waals surface area contributed by atoms with Gasteiger partial charge in [0.05, 0.1) is 24.0 Å². The monoisotopic (exact) mass is 311 g/mol. The van der Waals surface area contributed by atoms with Crippen molar-refractivity contribution in [2.75, 3.05) is 13.2 Å². The number of fused-ring (bicyclic) bond motifs is 1. The molecule has 3 aromatic rings. The minimum absolute atomic E-state index is 0.153. The molecular formula is C17H21N5O. The first kappa shape index (κ1) is 14.4. The van der Waals surface area contributed by atoms with E-state index >= 15 is 0 Å². The topological polar surface area (TPSA) is 56.4 Å². The molecule has 120 valence electrons. The zero-order valence-corrected chi connectivity index (χ0v) is 13.2. The highest BCUT2D eigenvalue weighted by Gasteiger charge is 2.30. The number of aromatic nitrogens is 4. The van der Waals surface area contributed by atoms with E-state index in [-0.39, 0.29) is 6.10 Å². The maximum atomic E-state index is 5.91. The molecule has 6 heteroatoms. The molecule has 0 radical (unpaired) electrons. The van der Waals surface area contributed by atoms with E-state index in [0.717, 1.165) is 31.6 Å². The Bertz CT molecular complexity index is 793. The van der Waals surface area contributed by atoms with Gasteiger partial charge in [0.1, 0.15) is 0 Å². The lowest BCUT2D eigenvalue weighted by atomic mass is 9.97. The number of pyridine rings is 1. The van der Waals surface area contributed by atoms with Gasteiger partial charge in [-0.1, -0.05) is 6.07 Å².